The average Bonchev–Trinajstić information content (AvgIpc) is 2.74. The van der Waals surface area contributed by atoms with Gasteiger partial charge in [-0.25, -0.2) is 4.98 Å². The van der Waals surface area contributed by atoms with Crippen molar-refractivity contribution in [2.45, 2.75) is 12.8 Å². The number of para-hydroxylation sites is 1. The van der Waals surface area contributed by atoms with Crippen LogP contribution in [0, 0.1) is 5.92 Å². The number of likely N-dealkylation sites (tertiary alicyclic amines) is 1. The van der Waals surface area contributed by atoms with Gasteiger partial charge in [-0.2, -0.15) is 0 Å². The van der Waals surface area contributed by atoms with E-state index in [1.807, 2.05) is 54.4 Å². The van der Waals surface area contributed by atoms with Crippen LogP contribution in [0.2, 0.25) is 0 Å². The van der Waals surface area contributed by atoms with Crippen molar-refractivity contribution in [1.82, 2.24) is 20.2 Å². The quantitative estimate of drug-likeness (QED) is 0.775. The van der Waals surface area contributed by atoms with Crippen molar-refractivity contribution in [3.05, 3.63) is 60.4 Å². The third kappa shape index (κ3) is 3.69. The van der Waals surface area contributed by atoms with Crippen molar-refractivity contribution in [3.8, 4) is 11.3 Å². The van der Waals surface area contributed by atoms with Gasteiger partial charge < -0.3 is 10.2 Å². The van der Waals surface area contributed by atoms with E-state index in [0.29, 0.717) is 5.92 Å². The zero-order chi connectivity index (χ0) is 18.6. The lowest BCUT2D eigenvalue weighted by molar-refractivity contribution is 0.0693. The van der Waals surface area contributed by atoms with Crippen LogP contribution < -0.4 is 5.32 Å². The summed E-state index contributed by atoms with van der Waals surface area (Å²) in [6.45, 7) is 2.64. The number of hydrogen-bond acceptors (Lipinski definition) is 4. The van der Waals surface area contributed by atoms with Gasteiger partial charge in [0.1, 0.15) is 0 Å². The van der Waals surface area contributed by atoms with Crippen LogP contribution in [0.4, 0.5) is 0 Å². The molecule has 1 amide bonds. The second-order valence-electron chi connectivity index (χ2n) is 7.10. The molecule has 5 nitrogen and oxygen atoms in total. The number of nitrogens with zero attached hydrogens (tertiary/aromatic N) is 3. The molecule has 0 radical (unpaired) electrons. The van der Waals surface area contributed by atoms with Crippen LogP contribution in [0.5, 0.6) is 0 Å². The maximum atomic E-state index is 13.3. The highest BCUT2D eigenvalue weighted by atomic mass is 16.2. The first kappa shape index (κ1) is 17.6. The number of pyridine rings is 2. The molecular weight excluding hydrogens is 336 g/mol. The number of hydrogen-bond donors (Lipinski definition) is 1. The Balaban J connectivity index is 1.69. The molecule has 5 heteroatoms. The zero-order valence-electron chi connectivity index (χ0n) is 15.6. The van der Waals surface area contributed by atoms with Gasteiger partial charge in [0.2, 0.25) is 0 Å². The molecule has 1 fully saturated rings. The predicted octanol–water partition coefficient (Wildman–Crippen LogP) is 3.37. The Kier molecular flexibility index (Phi) is 5.12. The molecule has 2 aromatic heterocycles. The molecule has 0 saturated carbocycles. The van der Waals surface area contributed by atoms with Crippen LogP contribution in [0.25, 0.3) is 22.2 Å². The summed E-state index contributed by atoms with van der Waals surface area (Å²) in [4.78, 5) is 24.2. The lowest BCUT2D eigenvalue weighted by Gasteiger charge is -2.32. The van der Waals surface area contributed by atoms with Crippen LogP contribution in [0.15, 0.2) is 54.9 Å². The van der Waals surface area contributed by atoms with Crippen molar-refractivity contribution in [1.29, 1.82) is 0 Å². The molecule has 4 rings (SSSR count). The van der Waals surface area contributed by atoms with E-state index >= 15 is 0 Å². The smallest absolute Gasteiger partial charge is 0.254 e. The van der Waals surface area contributed by atoms with Crippen LogP contribution >= 0.6 is 0 Å². The van der Waals surface area contributed by atoms with Crippen molar-refractivity contribution < 1.29 is 4.79 Å². The Morgan fingerprint density at radius 1 is 1.15 bits per heavy atom. The van der Waals surface area contributed by atoms with Gasteiger partial charge in [-0.05, 0) is 56.6 Å². The molecule has 3 heterocycles. The summed E-state index contributed by atoms with van der Waals surface area (Å²) in [6, 6.07) is 13.7. The maximum Gasteiger partial charge on any atom is 0.254 e. The molecule has 1 N–H and O–H groups in total. The van der Waals surface area contributed by atoms with E-state index in [2.05, 4.69) is 10.3 Å². The molecule has 1 aliphatic rings. The monoisotopic (exact) mass is 360 g/mol. The number of carbonyl (C=O) groups is 1. The maximum absolute atomic E-state index is 13.3. The Morgan fingerprint density at radius 3 is 2.63 bits per heavy atom. The average molecular weight is 360 g/mol. The standard InChI is InChI=1S/C22H24N4O/c1-23-15-16-8-12-26(13-9-16)22(27)19-14-21(17-6-10-24-11-7-17)25-20-5-3-2-4-18(19)20/h2-7,10-11,14,16,23H,8-9,12-13,15H2,1H3. The molecular formula is C22H24N4O. The minimum absolute atomic E-state index is 0.104. The van der Waals surface area contributed by atoms with Crippen molar-refractivity contribution >= 4 is 16.8 Å². The van der Waals surface area contributed by atoms with Crippen molar-refractivity contribution in [2.24, 2.45) is 5.92 Å². The fraction of sp³-hybridized carbons (Fsp3) is 0.318. The number of piperidine rings is 1. The van der Waals surface area contributed by atoms with Crippen molar-refractivity contribution in [2.75, 3.05) is 26.7 Å². The van der Waals surface area contributed by atoms with E-state index in [-0.39, 0.29) is 5.91 Å². The number of benzene rings is 1. The molecule has 1 saturated heterocycles. The molecule has 0 unspecified atom stereocenters. The summed E-state index contributed by atoms with van der Waals surface area (Å²) < 4.78 is 0. The third-order valence-electron chi connectivity index (χ3n) is 5.32. The van der Waals surface area contributed by atoms with E-state index < -0.39 is 0 Å². The van der Waals surface area contributed by atoms with Crippen molar-refractivity contribution in [3.63, 3.8) is 0 Å². The van der Waals surface area contributed by atoms with Gasteiger partial charge in [-0.3, -0.25) is 9.78 Å². The fourth-order valence-electron chi connectivity index (χ4n) is 3.82. The Morgan fingerprint density at radius 2 is 1.89 bits per heavy atom. The van der Waals surface area contributed by atoms with E-state index in [1.165, 1.54) is 0 Å². The summed E-state index contributed by atoms with van der Waals surface area (Å²) in [5.74, 6) is 0.757. The number of rotatable bonds is 4. The van der Waals surface area contributed by atoms with Crippen LogP contribution in [-0.4, -0.2) is 47.5 Å². The van der Waals surface area contributed by atoms with Gasteiger partial charge in [0.25, 0.3) is 5.91 Å². The molecule has 0 aliphatic carbocycles. The van der Waals surface area contributed by atoms with Gasteiger partial charge in [0, 0.05) is 36.4 Å². The molecule has 3 aromatic rings. The number of aromatic nitrogens is 2. The molecule has 1 aliphatic heterocycles. The van der Waals surface area contributed by atoms with Gasteiger partial charge in [0.15, 0.2) is 0 Å². The molecule has 27 heavy (non-hydrogen) atoms. The number of fused-ring (bicyclic) bond motifs is 1. The Labute approximate surface area is 159 Å². The Bertz CT molecular complexity index is 933. The number of nitrogens with one attached hydrogen (secondary N) is 1. The normalized spacial score (nSPS) is 15.2. The SMILES string of the molecule is CNCC1CCN(C(=O)c2cc(-c3ccncc3)nc3ccccc23)CC1. The third-order valence-corrected chi connectivity index (χ3v) is 5.32. The minimum atomic E-state index is 0.104. The molecule has 0 bridgehead atoms. The molecule has 0 atom stereocenters. The highest BCUT2D eigenvalue weighted by Gasteiger charge is 2.25. The summed E-state index contributed by atoms with van der Waals surface area (Å²) >= 11 is 0. The summed E-state index contributed by atoms with van der Waals surface area (Å²) in [7, 11) is 1.99. The number of amides is 1. The van der Waals surface area contributed by atoms with E-state index in [1.54, 1.807) is 12.4 Å². The Hall–Kier alpha value is -2.79. The summed E-state index contributed by atoms with van der Waals surface area (Å²) in [5, 5.41) is 4.16. The lowest BCUT2D eigenvalue weighted by Crippen LogP contribution is -2.40. The first-order valence-electron chi connectivity index (χ1n) is 9.50. The minimum Gasteiger partial charge on any atom is -0.339 e. The number of carbonyl (C=O) groups excluding carboxylic acids is 1. The van der Waals surface area contributed by atoms with Gasteiger partial charge in [-0.1, -0.05) is 18.2 Å². The largest absolute Gasteiger partial charge is 0.339 e. The predicted molar refractivity (Wildman–Crippen MR) is 108 cm³/mol. The van der Waals surface area contributed by atoms with Gasteiger partial charge >= 0.3 is 0 Å². The second kappa shape index (κ2) is 7.84. The highest BCUT2D eigenvalue weighted by Crippen LogP contribution is 2.27. The topological polar surface area (TPSA) is 58.1 Å². The van der Waals surface area contributed by atoms with E-state index in [9.17, 15) is 4.79 Å². The van der Waals surface area contributed by atoms with Gasteiger partial charge in [0.05, 0.1) is 16.8 Å². The van der Waals surface area contributed by atoms with E-state index in [0.717, 1.165) is 60.2 Å². The van der Waals surface area contributed by atoms with Gasteiger partial charge in [-0.15, -0.1) is 0 Å². The highest BCUT2D eigenvalue weighted by molar-refractivity contribution is 6.07. The fourth-order valence-corrected chi connectivity index (χ4v) is 3.82. The van der Waals surface area contributed by atoms with Crippen LogP contribution in [0.3, 0.4) is 0 Å². The lowest BCUT2D eigenvalue weighted by atomic mass is 9.95. The van der Waals surface area contributed by atoms with E-state index in [4.69, 9.17) is 4.98 Å². The molecule has 1 aromatic carbocycles. The van der Waals surface area contributed by atoms with Crippen LogP contribution in [0.1, 0.15) is 23.2 Å². The second-order valence-corrected chi connectivity index (χ2v) is 7.10. The molecule has 138 valence electrons. The zero-order valence-corrected chi connectivity index (χ0v) is 15.6. The first-order valence-corrected chi connectivity index (χ1v) is 9.50. The first-order chi connectivity index (χ1) is 13.3. The summed E-state index contributed by atoms with van der Waals surface area (Å²) in [5.41, 5.74) is 3.36. The van der Waals surface area contributed by atoms with Crippen LogP contribution in [-0.2, 0) is 0 Å². The molecule has 0 spiro atoms. The summed E-state index contributed by atoms with van der Waals surface area (Å²) in [6.07, 6.45) is 5.60.